The molecular formula is C33H55N7O2. The number of hydrogen-bond donors (Lipinski definition) is 0. The maximum absolute atomic E-state index is 11.5. The molecule has 4 aliphatic heterocycles. The molecule has 3 unspecified atom stereocenters. The van der Waals surface area contributed by atoms with Gasteiger partial charge in [0.25, 0.3) is 0 Å². The van der Waals surface area contributed by atoms with Crippen molar-refractivity contribution >= 4 is 30.8 Å². The molecule has 4 aliphatic rings. The van der Waals surface area contributed by atoms with Gasteiger partial charge in [0, 0.05) is 58.6 Å². The fraction of sp³-hybridized carbons (Fsp3) is 0.667. The zero-order valence-corrected chi connectivity index (χ0v) is 28.1. The number of amides is 2. The molecule has 0 aromatic heterocycles. The largest absolute Gasteiger partial charge is 0.343 e. The molecule has 0 aromatic carbocycles. The zero-order valence-electron chi connectivity index (χ0n) is 28.1. The van der Waals surface area contributed by atoms with Crippen LogP contribution in [0.1, 0.15) is 82.1 Å². The molecule has 9 nitrogen and oxygen atoms in total. The van der Waals surface area contributed by atoms with Gasteiger partial charge < -0.3 is 14.7 Å². The highest BCUT2D eigenvalue weighted by atomic mass is 16.2. The lowest BCUT2D eigenvalue weighted by molar-refractivity contribution is -0.138. The predicted octanol–water partition coefficient (Wildman–Crippen LogP) is 5.57. The fourth-order valence-corrected chi connectivity index (χ4v) is 4.79. The van der Waals surface area contributed by atoms with Crippen LogP contribution in [0.4, 0.5) is 0 Å². The van der Waals surface area contributed by atoms with E-state index in [0.717, 1.165) is 0 Å². The van der Waals surface area contributed by atoms with E-state index in [0.29, 0.717) is 38.0 Å². The van der Waals surface area contributed by atoms with E-state index in [-0.39, 0.29) is 34.1 Å². The molecule has 0 spiro atoms. The van der Waals surface area contributed by atoms with Crippen LogP contribution in [0, 0.1) is 16.2 Å². The smallest absolute Gasteiger partial charge is 0.229 e. The summed E-state index contributed by atoms with van der Waals surface area (Å²) in [6.07, 6.45) is 16.6. The van der Waals surface area contributed by atoms with Gasteiger partial charge in [0.05, 0.1) is 37.1 Å². The standard InChI is InChI=1S/C14H21N3O2.C10H18N2.C9H16N2/c1-14(2,3)11-6-7-16(10-15-11)8-9-17-12(18)4-5-13(17)19;1-8-6-12(5)7-11-9(8)10(2,3)4;1-9(2,3)8-5-6-11(4)7-10-8/h6-7,10-11H,4-5,8-9H2,1-3H3;6-7,9H,1-5H3;5-8H,1-4H3. The van der Waals surface area contributed by atoms with Gasteiger partial charge in [0.2, 0.25) is 11.8 Å². The molecule has 0 bridgehead atoms. The molecule has 0 aromatic rings. The van der Waals surface area contributed by atoms with Crippen molar-refractivity contribution in [1.82, 2.24) is 19.6 Å². The van der Waals surface area contributed by atoms with Gasteiger partial charge in [-0.25, -0.2) is 0 Å². The molecule has 4 heterocycles. The summed E-state index contributed by atoms with van der Waals surface area (Å²) in [4.78, 5) is 43.6. The molecule has 234 valence electrons. The molecule has 3 atom stereocenters. The third-order valence-corrected chi connectivity index (χ3v) is 7.32. The molecule has 0 N–H and O–H groups in total. The summed E-state index contributed by atoms with van der Waals surface area (Å²) in [7, 11) is 3.99. The summed E-state index contributed by atoms with van der Waals surface area (Å²) < 4.78 is 0. The maximum Gasteiger partial charge on any atom is 0.229 e. The average Bonchev–Trinajstić information content (AvgIpc) is 3.19. The first-order valence-electron chi connectivity index (χ1n) is 15.0. The quantitative estimate of drug-likeness (QED) is 0.407. The summed E-state index contributed by atoms with van der Waals surface area (Å²) in [5.41, 5.74) is 1.93. The predicted molar refractivity (Wildman–Crippen MR) is 175 cm³/mol. The van der Waals surface area contributed by atoms with Gasteiger partial charge in [-0.05, 0) is 40.9 Å². The third kappa shape index (κ3) is 10.9. The van der Waals surface area contributed by atoms with E-state index in [9.17, 15) is 9.59 Å². The first kappa shape index (κ1) is 35.0. The van der Waals surface area contributed by atoms with E-state index >= 15 is 0 Å². The molecule has 9 heteroatoms. The van der Waals surface area contributed by atoms with Gasteiger partial charge in [-0.1, -0.05) is 62.3 Å². The van der Waals surface area contributed by atoms with E-state index in [1.54, 1.807) is 6.34 Å². The first-order chi connectivity index (χ1) is 19.3. The minimum absolute atomic E-state index is 0.0597. The van der Waals surface area contributed by atoms with E-state index in [4.69, 9.17) is 0 Å². The van der Waals surface area contributed by atoms with Crippen LogP contribution in [0.25, 0.3) is 0 Å². The number of nitrogens with zero attached hydrogens (tertiary/aromatic N) is 7. The second kappa shape index (κ2) is 14.3. The summed E-state index contributed by atoms with van der Waals surface area (Å²) in [5, 5.41) is 0. The molecule has 2 amide bonds. The number of carbonyl (C=O) groups excluding carboxylic acids is 2. The van der Waals surface area contributed by atoms with Crippen LogP contribution in [-0.2, 0) is 9.59 Å². The summed E-state index contributed by atoms with van der Waals surface area (Å²) in [5.74, 6) is -0.119. The van der Waals surface area contributed by atoms with Crippen LogP contribution in [0.2, 0.25) is 0 Å². The topological polar surface area (TPSA) is 84.2 Å². The molecule has 4 rings (SSSR count). The van der Waals surface area contributed by atoms with Gasteiger partial charge in [-0.15, -0.1) is 0 Å². The number of likely N-dealkylation sites (tertiary alicyclic amines) is 1. The second-order valence-corrected chi connectivity index (χ2v) is 14.7. The third-order valence-electron chi connectivity index (χ3n) is 7.32. The van der Waals surface area contributed by atoms with E-state index < -0.39 is 0 Å². The number of rotatable bonds is 3. The van der Waals surface area contributed by atoms with E-state index in [1.165, 1.54) is 10.5 Å². The number of carbonyl (C=O) groups is 2. The monoisotopic (exact) mass is 581 g/mol. The van der Waals surface area contributed by atoms with Crippen LogP contribution in [0.5, 0.6) is 0 Å². The average molecular weight is 582 g/mol. The molecule has 1 fully saturated rings. The minimum atomic E-state index is -0.0597. The Balaban J connectivity index is 0.000000233. The number of aliphatic imine (C=N–C) groups is 3. The lowest BCUT2D eigenvalue weighted by Crippen LogP contribution is -2.37. The van der Waals surface area contributed by atoms with Crippen molar-refractivity contribution in [3.05, 3.63) is 36.3 Å². The Bertz CT molecular complexity index is 1070. The molecule has 0 aliphatic carbocycles. The van der Waals surface area contributed by atoms with Crippen molar-refractivity contribution < 1.29 is 9.59 Å². The van der Waals surface area contributed by atoms with Gasteiger partial charge in [-0.3, -0.25) is 29.5 Å². The number of hydrogen-bond acceptors (Lipinski definition) is 8. The summed E-state index contributed by atoms with van der Waals surface area (Å²) in [6, 6.07) is 0.853. The molecule has 0 radical (unpaired) electrons. The van der Waals surface area contributed by atoms with E-state index in [2.05, 4.69) is 109 Å². The Morgan fingerprint density at radius 1 is 0.690 bits per heavy atom. The van der Waals surface area contributed by atoms with Crippen LogP contribution < -0.4 is 0 Å². The normalized spacial score (nSPS) is 24.0. The van der Waals surface area contributed by atoms with Gasteiger partial charge >= 0.3 is 0 Å². The molecule has 0 saturated carbocycles. The highest BCUT2D eigenvalue weighted by Gasteiger charge is 2.29. The van der Waals surface area contributed by atoms with Crippen molar-refractivity contribution in [2.24, 2.45) is 31.2 Å². The van der Waals surface area contributed by atoms with Crippen LogP contribution in [0.3, 0.4) is 0 Å². The Morgan fingerprint density at radius 3 is 1.60 bits per heavy atom. The Labute approximate surface area is 254 Å². The zero-order chi connectivity index (χ0) is 31.9. The van der Waals surface area contributed by atoms with Gasteiger partial charge in [0.1, 0.15) is 0 Å². The van der Waals surface area contributed by atoms with Crippen molar-refractivity contribution in [3.8, 4) is 0 Å². The maximum atomic E-state index is 11.5. The SMILES string of the molecule is CC(C)(C)C1C=CN(CCN2C(=O)CCC2=O)C=N1.CC1=CN(C)C=NC1C(C)(C)C.CN1C=CC(C(C)(C)C)N=C1. The van der Waals surface area contributed by atoms with Crippen LogP contribution in [0.15, 0.2) is 51.3 Å². The molecular weight excluding hydrogens is 526 g/mol. The Hall–Kier alpha value is -3.23. The minimum Gasteiger partial charge on any atom is -0.343 e. The molecule has 42 heavy (non-hydrogen) atoms. The lowest BCUT2D eigenvalue weighted by Gasteiger charge is -2.31. The van der Waals surface area contributed by atoms with Crippen LogP contribution >= 0.6 is 0 Å². The van der Waals surface area contributed by atoms with Crippen molar-refractivity contribution in [2.75, 3.05) is 27.2 Å². The van der Waals surface area contributed by atoms with Crippen molar-refractivity contribution in [2.45, 2.75) is 100 Å². The second-order valence-electron chi connectivity index (χ2n) is 14.7. The summed E-state index contributed by atoms with van der Waals surface area (Å²) in [6.45, 7) is 22.9. The summed E-state index contributed by atoms with van der Waals surface area (Å²) >= 11 is 0. The van der Waals surface area contributed by atoms with Crippen molar-refractivity contribution in [1.29, 1.82) is 0 Å². The van der Waals surface area contributed by atoms with Gasteiger partial charge in [-0.2, -0.15) is 0 Å². The lowest BCUT2D eigenvalue weighted by atomic mass is 9.83. The van der Waals surface area contributed by atoms with Crippen molar-refractivity contribution in [3.63, 3.8) is 0 Å². The van der Waals surface area contributed by atoms with E-state index in [1.807, 2.05) is 47.7 Å². The Morgan fingerprint density at radius 2 is 1.19 bits per heavy atom. The molecule has 1 saturated heterocycles. The van der Waals surface area contributed by atoms with Gasteiger partial charge in [0.15, 0.2) is 0 Å². The first-order valence-corrected chi connectivity index (χ1v) is 15.0. The highest BCUT2D eigenvalue weighted by molar-refractivity contribution is 6.01. The number of imide groups is 1. The highest BCUT2D eigenvalue weighted by Crippen LogP contribution is 2.29. The van der Waals surface area contributed by atoms with Crippen LogP contribution in [-0.4, -0.2) is 95.7 Å². The Kier molecular flexibility index (Phi) is 11.9. The fourth-order valence-electron chi connectivity index (χ4n) is 4.79.